The Balaban J connectivity index is 2.22. The fourth-order valence-corrected chi connectivity index (χ4v) is 0.641. The minimum absolute atomic E-state index is 0.00347. The molecule has 0 amide bonds. The van der Waals surface area contributed by atoms with Crippen molar-refractivity contribution in [3.05, 3.63) is 0 Å². The zero-order chi connectivity index (χ0) is 5.82. The van der Waals surface area contributed by atoms with E-state index in [9.17, 15) is 4.79 Å². The van der Waals surface area contributed by atoms with E-state index in [2.05, 4.69) is 5.48 Å². The van der Waals surface area contributed by atoms with Gasteiger partial charge in [-0.25, -0.2) is 5.48 Å². The molecule has 0 bridgehead atoms. The number of rotatable bonds is 1. The van der Waals surface area contributed by atoms with Gasteiger partial charge in [-0.15, -0.1) is 0 Å². The van der Waals surface area contributed by atoms with E-state index >= 15 is 0 Å². The summed E-state index contributed by atoms with van der Waals surface area (Å²) in [5.41, 5.74) is 2.67. The first-order valence-electron chi connectivity index (χ1n) is 2.66. The van der Waals surface area contributed by atoms with Crippen LogP contribution in [0.3, 0.4) is 0 Å². The third kappa shape index (κ3) is 1.28. The van der Waals surface area contributed by atoms with Crippen LogP contribution in [0, 0.1) is 5.92 Å². The molecule has 1 unspecified atom stereocenters. The van der Waals surface area contributed by atoms with Crippen LogP contribution in [0.4, 0.5) is 0 Å². The van der Waals surface area contributed by atoms with Crippen LogP contribution in [0.15, 0.2) is 0 Å². The Hall–Kier alpha value is -0.410. The third-order valence-electron chi connectivity index (χ3n) is 1.15. The molecule has 1 fully saturated rings. The van der Waals surface area contributed by atoms with Gasteiger partial charge in [0.05, 0.1) is 12.5 Å². The Labute approximate surface area is 48.0 Å². The molecule has 1 rings (SSSR count). The predicted octanol–water partition coefficient (Wildman–Crippen LogP) is -0.363. The van der Waals surface area contributed by atoms with Crippen LogP contribution in [-0.2, 0) is 9.63 Å². The zero-order valence-electron chi connectivity index (χ0n) is 4.52. The Morgan fingerprint density at radius 2 is 2.62 bits per heavy atom. The van der Waals surface area contributed by atoms with E-state index in [-0.39, 0.29) is 5.92 Å². The summed E-state index contributed by atoms with van der Waals surface area (Å²) < 4.78 is 0. The normalized spacial score (nSPS) is 29.8. The van der Waals surface area contributed by atoms with Crippen LogP contribution in [0.1, 0.15) is 6.42 Å². The van der Waals surface area contributed by atoms with E-state index < -0.39 is 0 Å². The van der Waals surface area contributed by atoms with Crippen LogP contribution in [0.5, 0.6) is 0 Å². The van der Waals surface area contributed by atoms with E-state index in [1.807, 2.05) is 6.29 Å². The Bertz CT molecular complexity index is 78.5. The molecule has 0 saturated carbocycles. The molecule has 1 saturated heterocycles. The lowest BCUT2D eigenvalue weighted by Gasteiger charge is -2.15. The minimum Gasteiger partial charge on any atom is -0.301 e. The van der Waals surface area contributed by atoms with Crippen molar-refractivity contribution in [1.29, 1.82) is 0 Å². The molecular formula is C5H8NO2. The average Bonchev–Trinajstić information content (AvgIpc) is 1.90. The average molecular weight is 114 g/mol. The molecule has 0 aromatic carbocycles. The molecule has 0 aromatic heterocycles. The van der Waals surface area contributed by atoms with E-state index in [1.165, 1.54) is 0 Å². The molecule has 1 aliphatic rings. The summed E-state index contributed by atoms with van der Waals surface area (Å²) in [4.78, 5) is 14.7. The molecule has 8 heavy (non-hydrogen) atoms. The molecule has 1 heterocycles. The first-order chi connectivity index (χ1) is 3.93. The first-order valence-corrected chi connectivity index (χ1v) is 2.66. The molecule has 3 heteroatoms. The first kappa shape index (κ1) is 5.72. The highest BCUT2D eigenvalue weighted by molar-refractivity contribution is 5.54. The van der Waals surface area contributed by atoms with E-state index in [4.69, 9.17) is 4.84 Å². The van der Waals surface area contributed by atoms with Gasteiger partial charge in [-0.1, -0.05) is 0 Å². The van der Waals surface area contributed by atoms with Crippen molar-refractivity contribution in [3.8, 4) is 0 Å². The van der Waals surface area contributed by atoms with Crippen molar-refractivity contribution in [3.63, 3.8) is 0 Å². The van der Waals surface area contributed by atoms with Gasteiger partial charge in [-0.05, 0) is 6.42 Å². The van der Waals surface area contributed by atoms with Gasteiger partial charge in [0, 0.05) is 6.54 Å². The summed E-state index contributed by atoms with van der Waals surface area (Å²) in [6, 6.07) is 0. The maximum atomic E-state index is 9.93. The second kappa shape index (κ2) is 2.79. The topological polar surface area (TPSA) is 38.3 Å². The molecule has 0 aromatic rings. The van der Waals surface area contributed by atoms with Crippen LogP contribution >= 0.6 is 0 Å². The van der Waals surface area contributed by atoms with Crippen molar-refractivity contribution in [2.45, 2.75) is 6.42 Å². The van der Waals surface area contributed by atoms with Gasteiger partial charge in [0.15, 0.2) is 0 Å². The quantitative estimate of drug-likeness (QED) is 0.505. The van der Waals surface area contributed by atoms with Crippen molar-refractivity contribution in [2.75, 3.05) is 13.2 Å². The maximum Gasteiger partial charge on any atom is 0.204 e. The lowest BCUT2D eigenvalue weighted by Crippen LogP contribution is -2.30. The minimum atomic E-state index is -0.00347. The van der Waals surface area contributed by atoms with Crippen molar-refractivity contribution < 1.29 is 9.63 Å². The lowest BCUT2D eigenvalue weighted by molar-refractivity contribution is -0.00291. The second-order valence-corrected chi connectivity index (χ2v) is 1.81. The summed E-state index contributed by atoms with van der Waals surface area (Å²) in [5, 5.41) is 0. The van der Waals surface area contributed by atoms with Crippen molar-refractivity contribution in [1.82, 2.24) is 5.48 Å². The van der Waals surface area contributed by atoms with Crippen LogP contribution < -0.4 is 5.48 Å². The van der Waals surface area contributed by atoms with Crippen molar-refractivity contribution in [2.24, 2.45) is 5.92 Å². The molecule has 1 atom stereocenters. The highest BCUT2D eigenvalue weighted by Crippen LogP contribution is 2.01. The van der Waals surface area contributed by atoms with Gasteiger partial charge in [0.1, 0.15) is 0 Å². The van der Waals surface area contributed by atoms with Gasteiger partial charge in [-0.3, -0.25) is 4.79 Å². The van der Waals surface area contributed by atoms with Gasteiger partial charge in [-0.2, -0.15) is 0 Å². The summed E-state index contributed by atoms with van der Waals surface area (Å²) in [6.07, 6.45) is 2.74. The number of hydrogen-bond donors (Lipinski definition) is 1. The molecule has 1 aliphatic heterocycles. The Morgan fingerprint density at radius 1 is 1.75 bits per heavy atom. The molecule has 1 N–H and O–H groups in total. The summed E-state index contributed by atoms with van der Waals surface area (Å²) in [7, 11) is 0. The van der Waals surface area contributed by atoms with E-state index in [0.29, 0.717) is 6.61 Å². The summed E-state index contributed by atoms with van der Waals surface area (Å²) in [6.45, 7) is 1.24. The number of carbonyl (C=O) groups excluding carboxylic acids is 1. The molecule has 3 nitrogen and oxygen atoms in total. The highest BCUT2D eigenvalue weighted by atomic mass is 16.6. The fourth-order valence-electron chi connectivity index (χ4n) is 0.641. The van der Waals surface area contributed by atoms with Gasteiger partial charge < -0.3 is 4.84 Å². The van der Waals surface area contributed by atoms with Crippen molar-refractivity contribution >= 4 is 6.29 Å². The van der Waals surface area contributed by atoms with Gasteiger partial charge >= 0.3 is 0 Å². The molecular weight excluding hydrogens is 106 g/mol. The number of nitrogens with one attached hydrogen (secondary N) is 1. The summed E-state index contributed by atoms with van der Waals surface area (Å²) >= 11 is 0. The van der Waals surface area contributed by atoms with E-state index in [1.54, 1.807) is 0 Å². The van der Waals surface area contributed by atoms with E-state index in [0.717, 1.165) is 13.0 Å². The van der Waals surface area contributed by atoms with Crippen LogP contribution in [-0.4, -0.2) is 19.4 Å². The molecule has 45 valence electrons. The standard InChI is InChI=1S/C5H8NO2/c7-3-5-1-2-6-8-4-5/h5-6H,1-2,4H2. The smallest absolute Gasteiger partial charge is 0.204 e. The predicted molar refractivity (Wildman–Crippen MR) is 27.8 cm³/mol. The SMILES string of the molecule is O=[C]C1CCNOC1. The molecule has 1 radical (unpaired) electrons. The molecule has 0 spiro atoms. The van der Waals surface area contributed by atoms with Crippen LogP contribution in [0.2, 0.25) is 0 Å². The van der Waals surface area contributed by atoms with Gasteiger partial charge in [0.25, 0.3) is 0 Å². The largest absolute Gasteiger partial charge is 0.301 e. The Kier molecular flexibility index (Phi) is 2.00. The zero-order valence-corrected chi connectivity index (χ0v) is 4.52. The maximum absolute atomic E-state index is 9.93. The molecule has 0 aliphatic carbocycles. The summed E-state index contributed by atoms with van der Waals surface area (Å²) in [5.74, 6) is -0.00347. The van der Waals surface area contributed by atoms with Crippen LogP contribution in [0.25, 0.3) is 0 Å². The highest BCUT2D eigenvalue weighted by Gasteiger charge is 2.12. The lowest BCUT2D eigenvalue weighted by atomic mass is 10.1. The third-order valence-corrected chi connectivity index (χ3v) is 1.15. The van der Waals surface area contributed by atoms with Gasteiger partial charge in [0.2, 0.25) is 6.29 Å². The monoisotopic (exact) mass is 114 g/mol. The fraction of sp³-hybridized carbons (Fsp3) is 0.800. The second-order valence-electron chi connectivity index (χ2n) is 1.81. The Morgan fingerprint density at radius 3 is 3.00 bits per heavy atom. The number of hydrogen-bond acceptors (Lipinski definition) is 3. The number of hydroxylamine groups is 1.